The molecule has 8 heteroatoms. The average Bonchev–Trinajstić information content (AvgIpc) is 2.54. The Morgan fingerprint density at radius 2 is 1.91 bits per heavy atom. The molecule has 1 N–H and O–H groups in total. The topological polar surface area (TPSA) is 65.5 Å². The second kappa shape index (κ2) is 8.14. The van der Waals surface area contributed by atoms with Gasteiger partial charge in [0.15, 0.2) is 0 Å². The molecule has 1 unspecified atom stereocenters. The second-order valence-corrected chi connectivity index (χ2v) is 7.80. The van der Waals surface area contributed by atoms with E-state index >= 15 is 0 Å². The monoisotopic (exact) mass is 344 g/mol. The van der Waals surface area contributed by atoms with Crippen LogP contribution >= 0.6 is 0 Å². The summed E-state index contributed by atoms with van der Waals surface area (Å²) in [4.78, 5) is 8.20. The first-order chi connectivity index (χ1) is 10.9. The predicted octanol–water partition coefficient (Wildman–Crippen LogP) is 0.773. The molecule has 2 heterocycles. The first-order valence-corrected chi connectivity index (χ1v) is 9.44. The van der Waals surface area contributed by atoms with Crippen molar-refractivity contribution in [3.63, 3.8) is 0 Å². The van der Waals surface area contributed by atoms with E-state index in [1.807, 2.05) is 6.92 Å². The molecule has 0 bridgehead atoms. The van der Waals surface area contributed by atoms with Crippen molar-refractivity contribution < 1.29 is 12.8 Å². The maximum Gasteiger partial charge on any atom is 0.242 e. The van der Waals surface area contributed by atoms with Crippen LogP contribution in [0.15, 0.2) is 23.4 Å². The molecular weight excluding hydrogens is 319 g/mol. The predicted molar refractivity (Wildman–Crippen MR) is 87.1 cm³/mol. The Bertz CT molecular complexity index is 603. The summed E-state index contributed by atoms with van der Waals surface area (Å²) in [7, 11) is -3.71. The summed E-state index contributed by atoms with van der Waals surface area (Å²) < 4.78 is 39.9. The molecule has 1 atom stereocenters. The molecule has 1 aliphatic heterocycles. The Morgan fingerprint density at radius 3 is 2.52 bits per heavy atom. The van der Waals surface area contributed by atoms with Gasteiger partial charge in [-0.2, -0.15) is 0 Å². The minimum Gasteiger partial charge on any atom is -0.301 e. The highest BCUT2D eigenvalue weighted by Gasteiger charge is 2.20. The lowest BCUT2D eigenvalue weighted by molar-refractivity contribution is 0.125. The Labute approximate surface area is 137 Å². The molecule has 1 aromatic heterocycles. The van der Waals surface area contributed by atoms with E-state index in [4.69, 9.17) is 0 Å². The van der Waals surface area contributed by atoms with E-state index in [0.717, 1.165) is 57.7 Å². The first kappa shape index (κ1) is 18.3. The number of rotatable bonds is 7. The van der Waals surface area contributed by atoms with E-state index in [2.05, 4.69) is 26.4 Å². The highest BCUT2D eigenvalue weighted by Crippen LogP contribution is 2.10. The fourth-order valence-electron chi connectivity index (χ4n) is 2.67. The summed E-state index contributed by atoms with van der Waals surface area (Å²) in [6, 6.07) is 0.976. The molecule has 1 saturated heterocycles. The van der Waals surface area contributed by atoms with Gasteiger partial charge in [-0.1, -0.05) is 13.8 Å². The molecule has 130 valence electrons. The first-order valence-electron chi connectivity index (χ1n) is 7.95. The summed E-state index contributed by atoms with van der Waals surface area (Å²) in [6.07, 6.45) is 2.14. The molecule has 1 fully saturated rings. The van der Waals surface area contributed by atoms with E-state index < -0.39 is 15.8 Å². The van der Waals surface area contributed by atoms with Crippen LogP contribution in [-0.4, -0.2) is 69.0 Å². The Morgan fingerprint density at radius 1 is 1.26 bits per heavy atom. The third-order valence-electron chi connectivity index (χ3n) is 4.09. The van der Waals surface area contributed by atoms with E-state index in [1.165, 1.54) is 0 Å². The Kier molecular flexibility index (Phi) is 6.46. The fraction of sp³-hybridized carbons (Fsp3) is 0.667. The molecule has 6 nitrogen and oxygen atoms in total. The van der Waals surface area contributed by atoms with Crippen molar-refractivity contribution in [1.82, 2.24) is 19.5 Å². The van der Waals surface area contributed by atoms with Crippen molar-refractivity contribution in [3.05, 3.63) is 24.3 Å². The zero-order chi connectivity index (χ0) is 16.9. The molecule has 0 aromatic carbocycles. The van der Waals surface area contributed by atoms with Gasteiger partial charge in [0.25, 0.3) is 0 Å². The maximum atomic E-state index is 13.1. The van der Waals surface area contributed by atoms with Crippen LogP contribution in [0.1, 0.15) is 13.8 Å². The average molecular weight is 344 g/mol. The third-order valence-corrected chi connectivity index (χ3v) is 5.48. The van der Waals surface area contributed by atoms with Crippen LogP contribution in [-0.2, 0) is 10.0 Å². The number of piperazine rings is 1. The molecule has 1 aliphatic rings. The van der Waals surface area contributed by atoms with Gasteiger partial charge < -0.3 is 9.80 Å². The van der Waals surface area contributed by atoms with Crippen LogP contribution in [0.2, 0.25) is 0 Å². The molecule has 0 saturated carbocycles. The molecule has 0 spiro atoms. The number of nitrogens with zero attached hydrogens (tertiary/aromatic N) is 3. The lowest BCUT2D eigenvalue weighted by atomic mass is 10.1. The SMILES string of the molecule is CCN1CCN(CC(C)CNS(=O)(=O)c2cncc(F)c2)CC1. The number of aromatic nitrogens is 1. The summed E-state index contributed by atoms with van der Waals surface area (Å²) in [6.45, 7) is 10.6. The van der Waals surface area contributed by atoms with E-state index in [9.17, 15) is 12.8 Å². The minimum atomic E-state index is -3.71. The lowest BCUT2D eigenvalue weighted by Crippen LogP contribution is -2.48. The highest BCUT2D eigenvalue weighted by atomic mass is 32.2. The molecule has 2 rings (SSSR count). The molecule has 1 aromatic rings. The van der Waals surface area contributed by atoms with E-state index in [0.29, 0.717) is 6.54 Å². The van der Waals surface area contributed by atoms with Crippen molar-refractivity contribution in [2.45, 2.75) is 18.7 Å². The number of nitrogens with one attached hydrogen (secondary N) is 1. The van der Waals surface area contributed by atoms with Gasteiger partial charge in [-0.3, -0.25) is 4.98 Å². The number of likely N-dealkylation sites (N-methyl/N-ethyl adjacent to an activating group) is 1. The highest BCUT2D eigenvalue weighted by molar-refractivity contribution is 7.89. The molecule has 0 amide bonds. The standard InChI is InChI=1S/C15H25FN4O2S/c1-3-19-4-6-20(7-5-19)12-13(2)9-18-23(21,22)15-8-14(16)10-17-11-15/h8,10-11,13,18H,3-7,9,12H2,1-2H3. The largest absolute Gasteiger partial charge is 0.301 e. The van der Waals surface area contributed by atoms with Crippen LogP contribution in [0, 0.1) is 11.7 Å². The zero-order valence-corrected chi connectivity index (χ0v) is 14.5. The number of sulfonamides is 1. The van der Waals surface area contributed by atoms with Crippen LogP contribution in [0.4, 0.5) is 4.39 Å². The van der Waals surface area contributed by atoms with Crippen molar-refractivity contribution >= 4 is 10.0 Å². The summed E-state index contributed by atoms with van der Waals surface area (Å²) in [5.74, 6) is -0.478. The van der Waals surface area contributed by atoms with Crippen molar-refractivity contribution in [3.8, 4) is 0 Å². The van der Waals surface area contributed by atoms with Crippen molar-refractivity contribution in [2.24, 2.45) is 5.92 Å². The van der Waals surface area contributed by atoms with Gasteiger partial charge in [0, 0.05) is 45.5 Å². The zero-order valence-electron chi connectivity index (χ0n) is 13.7. The Hall–Kier alpha value is -1.09. The van der Waals surface area contributed by atoms with Gasteiger partial charge in [-0.25, -0.2) is 17.5 Å². The third kappa shape index (κ3) is 5.49. The number of pyridine rings is 1. The van der Waals surface area contributed by atoms with Gasteiger partial charge in [0.05, 0.1) is 6.20 Å². The molecular formula is C15H25FN4O2S. The number of hydrogen-bond donors (Lipinski definition) is 1. The fourth-order valence-corrected chi connectivity index (χ4v) is 3.81. The number of halogens is 1. The van der Waals surface area contributed by atoms with Crippen molar-refractivity contribution in [2.75, 3.05) is 45.8 Å². The van der Waals surface area contributed by atoms with Crippen LogP contribution in [0.5, 0.6) is 0 Å². The van der Waals surface area contributed by atoms with Crippen LogP contribution in [0.3, 0.4) is 0 Å². The van der Waals surface area contributed by atoms with Gasteiger partial charge >= 0.3 is 0 Å². The normalized spacial score (nSPS) is 18.9. The van der Waals surface area contributed by atoms with Crippen molar-refractivity contribution in [1.29, 1.82) is 0 Å². The summed E-state index contributed by atoms with van der Waals surface area (Å²) in [5.41, 5.74) is 0. The second-order valence-electron chi connectivity index (χ2n) is 6.03. The molecule has 0 aliphatic carbocycles. The van der Waals surface area contributed by atoms with Crippen LogP contribution < -0.4 is 4.72 Å². The quantitative estimate of drug-likeness (QED) is 0.792. The molecule has 0 radical (unpaired) electrons. The smallest absolute Gasteiger partial charge is 0.242 e. The van der Waals surface area contributed by atoms with Gasteiger partial charge in [-0.15, -0.1) is 0 Å². The minimum absolute atomic E-state index is 0.138. The number of hydrogen-bond acceptors (Lipinski definition) is 5. The van der Waals surface area contributed by atoms with E-state index in [1.54, 1.807) is 0 Å². The van der Waals surface area contributed by atoms with Crippen LogP contribution in [0.25, 0.3) is 0 Å². The van der Waals surface area contributed by atoms with E-state index in [-0.39, 0.29) is 10.8 Å². The summed E-state index contributed by atoms with van der Waals surface area (Å²) in [5, 5.41) is 0. The lowest BCUT2D eigenvalue weighted by Gasteiger charge is -2.35. The molecule has 23 heavy (non-hydrogen) atoms. The van der Waals surface area contributed by atoms with Gasteiger partial charge in [0.2, 0.25) is 10.0 Å². The Balaban J connectivity index is 1.81. The summed E-state index contributed by atoms with van der Waals surface area (Å²) >= 11 is 0. The maximum absolute atomic E-state index is 13.1. The van der Waals surface area contributed by atoms with Gasteiger partial charge in [-0.05, 0) is 18.5 Å². The van der Waals surface area contributed by atoms with Gasteiger partial charge in [0.1, 0.15) is 10.7 Å².